The summed E-state index contributed by atoms with van der Waals surface area (Å²) in [6, 6.07) is 8.44. The minimum Gasteiger partial charge on any atom is -0.391 e. The predicted octanol–water partition coefficient (Wildman–Crippen LogP) is 3.02. The number of carbonyl (C=O) groups excluding carboxylic acids is 1. The third kappa shape index (κ3) is 4.31. The Bertz CT molecular complexity index is 490. The van der Waals surface area contributed by atoms with Crippen LogP contribution in [0.2, 0.25) is 0 Å². The van der Waals surface area contributed by atoms with Gasteiger partial charge in [0.2, 0.25) is 5.91 Å². The van der Waals surface area contributed by atoms with E-state index in [1.165, 1.54) is 11.1 Å². The highest BCUT2D eigenvalue weighted by Crippen LogP contribution is 2.33. The Morgan fingerprint density at radius 3 is 2.81 bits per heavy atom. The van der Waals surface area contributed by atoms with Crippen LogP contribution in [0.25, 0.3) is 0 Å². The summed E-state index contributed by atoms with van der Waals surface area (Å²) >= 11 is 0. The summed E-state index contributed by atoms with van der Waals surface area (Å²) in [5, 5.41) is 12.9. The number of aliphatic hydroxyl groups excluding tert-OH is 1. The molecular weight excluding hydrogens is 262 g/mol. The largest absolute Gasteiger partial charge is 0.391 e. The number of benzene rings is 1. The molecule has 1 aliphatic carbocycles. The zero-order valence-corrected chi connectivity index (χ0v) is 13.4. The summed E-state index contributed by atoms with van der Waals surface area (Å²) in [6.07, 6.45) is 3.36. The number of aryl methyl sites for hydroxylation is 1. The second-order valence-electron chi connectivity index (χ2n) is 7.18. The van der Waals surface area contributed by atoms with Gasteiger partial charge in [-0.3, -0.25) is 4.79 Å². The number of carbonyl (C=O) groups is 1. The van der Waals surface area contributed by atoms with Gasteiger partial charge in [-0.05, 0) is 41.7 Å². The summed E-state index contributed by atoms with van der Waals surface area (Å²) in [7, 11) is 0. The molecule has 1 aromatic rings. The fraction of sp³-hybridized carbons (Fsp3) is 0.611. The molecule has 0 radical (unpaired) electrons. The average Bonchev–Trinajstić information content (AvgIpc) is 2.44. The quantitative estimate of drug-likeness (QED) is 0.895. The molecule has 2 atom stereocenters. The summed E-state index contributed by atoms with van der Waals surface area (Å²) in [5.41, 5.74) is 2.51. The van der Waals surface area contributed by atoms with E-state index in [0.717, 1.165) is 19.3 Å². The number of rotatable bonds is 4. The van der Waals surface area contributed by atoms with E-state index in [9.17, 15) is 9.90 Å². The van der Waals surface area contributed by atoms with E-state index in [0.29, 0.717) is 18.9 Å². The molecular formula is C18H27NO2. The standard InChI is InChI=1S/C18H27NO2/c1-18(2,3)16(20)12-19-17(21)11-14-9-6-8-13-7-4-5-10-15(13)14/h4-5,7,10,14,16,20H,6,8-9,11-12H2,1-3H3,(H,19,21). The number of fused-ring (bicyclic) bond motifs is 1. The zero-order chi connectivity index (χ0) is 15.5. The molecule has 3 nitrogen and oxygen atoms in total. The molecule has 2 N–H and O–H groups in total. The average molecular weight is 289 g/mol. The Morgan fingerprint density at radius 1 is 1.38 bits per heavy atom. The fourth-order valence-corrected chi connectivity index (χ4v) is 2.88. The van der Waals surface area contributed by atoms with Crippen molar-refractivity contribution in [2.24, 2.45) is 5.41 Å². The van der Waals surface area contributed by atoms with Crippen molar-refractivity contribution in [2.75, 3.05) is 6.54 Å². The molecule has 2 unspecified atom stereocenters. The van der Waals surface area contributed by atoms with Crippen molar-refractivity contribution < 1.29 is 9.90 Å². The van der Waals surface area contributed by atoms with Crippen molar-refractivity contribution in [3.8, 4) is 0 Å². The van der Waals surface area contributed by atoms with E-state index >= 15 is 0 Å². The van der Waals surface area contributed by atoms with Crippen molar-refractivity contribution in [1.82, 2.24) is 5.32 Å². The molecule has 0 fully saturated rings. The van der Waals surface area contributed by atoms with Gasteiger partial charge >= 0.3 is 0 Å². The van der Waals surface area contributed by atoms with Crippen molar-refractivity contribution in [1.29, 1.82) is 0 Å². The van der Waals surface area contributed by atoms with Crippen LogP contribution in [0.5, 0.6) is 0 Å². The minimum absolute atomic E-state index is 0.0417. The van der Waals surface area contributed by atoms with Crippen LogP contribution in [0, 0.1) is 5.41 Å². The summed E-state index contributed by atoms with van der Waals surface area (Å²) in [4.78, 5) is 12.1. The molecule has 0 aliphatic heterocycles. The third-order valence-corrected chi connectivity index (χ3v) is 4.42. The minimum atomic E-state index is -0.514. The van der Waals surface area contributed by atoms with Crippen molar-refractivity contribution in [3.05, 3.63) is 35.4 Å². The van der Waals surface area contributed by atoms with E-state index in [-0.39, 0.29) is 11.3 Å². The topological polar surface area (TPSA) is 49.3 Å². The highest BCUT2D eigenvalue weighted by atomic mass is 16.3. The zero-order valence-electron chi connectivity index (χ0n) is 13.4. The normalized spacial score (nSPS) is 19.7. The molecule has 0 aromatic heterocycles. The monoisotopic (exact) mass is 289 g/mol. The molecule has 1 amide bonds. The van der Waals surface area contributed by atoms with Gasteiger partial charge in [-0.2, -0.15) is 0 Å². The molecule has 0 saturated carbocycles. The number of nitrogens with one attached hydrogen (secondary N) is 1. The van der Waals surface area contributed by atoms with Crippen LogP contribution < -0.4 is 5.32 Å². The molecule has 21 heavy (non-hydrogen) atoms. The van der Waals surface area contributed by atoms with Gasteiger partial charge in [0.15, 0.2) is 0 Å². The van der Waals surface area contributed by atoms with Crippen LogP contribution in [0.4, 0.5) is 0 Å². The summed E-state index contributed by atoms with van der Waals surface area (Å²) in [5.74, 6) is 0.363. The van der Waals surface area contributed by atoms with E-state index in [1.54, 1.807) is 0 Å². The maximum Gasteiger partial charge on any atom is 0.220 e. The van der Waals surface area contributed by atoms with Gasteiger partial charge in [-0.1, -0.05) is 45.0 Å². The SMILES string of the molecule is CC(C)(C)C(O)CNC(=O)CC1CCCc2ccccc21. The molecule has 116 valence electrons. The number of aliphatic hydroxyl groups is 1. The van der Waals surface area contributed by atoms with Gasteiger partial charge in [0, 0.05) is 13.0 Å². The number of hydrogen-bond donors (Lipinski definition) is 2. The van der Waals surface area contributed by atoms with Gasteiger partial charge < -0.3 is 10.4 Å². The summed E-state index contributed by atoms with van der Waals surface area (Å²) in [6.45, 7) is 6.25. The lowest BCUT2D eigenvalue weighted by Gasteiger charge is -2.27. The Balaban J connectivity index is 1.90. The van der Waals surface area contributed by atoms with Crippen LogP contribution in [-0.2, 0) is 11.2 Å². The van der Waals surface area contributed by atoms with Gasteiger partial charge in [-0.25, -0.2) is 0 Å². The van der Waals surface area contributed by atoms with Gasteiger partial charge in [0.25, 0.3) is 0 Å². The van der Waals surface area contributed by atoms with Crippen LogP contribution in [-0.4, -0.2) is 23.7 Å². The van der Waals surface area contributed by atoms with Crippen molar-refractivity contribution >= 4 is 5.91 Å². The first-order valence-corrected chi connectivity index (χ1v) is 7.90. The lowest BCUT2D eigenvalue weighted by molar-refractivity contribution is -0.122. The third-order valence-electron chi connectivity index (χ3n) is 4.42. The highest BCUT2D eigenvalue weighted by molar-refractivity contribution is 5.77. The Kier molecular flexibility index (Phi) is 5.04. The second-order valence-corrected chi connectivity index (χ2v) is 7.18. The van der Waals surface area contributed by atoms with Gasteiger partial charge in [0.05, 0.1) is 6.10 Å². The van der Waals surface area contributed by atoms with E-state index in [1.807, 2.05) is 20.8 Å². The maximum atomic E-state index is 12.1. The first-order chi connectivity index (χ1) is 9.88. The molecule has 3 heteroatoms. The predicted molar refractivity (Wildman–Crippen MR) is 85.2 cm³/mol. The van der Waals surface area contributed by atoms with Crippen LogP contribution in [0.1, 0.15) is 57.1 Å². The van der Waals surface area contributed by atoms with Crippen LogP contribution in [0.3, 0.4) is 0 Å². The summed E-state index contributed by atoms with van der Waals surface area (Å²) < 4.78 is 0. The highest BCUT2D eigenvalue weighted by Gasteiger charge is 2.25. The number of hydrogen-bond acceptors (Lipinski definition) is 2. The van der Waals surface area contributed by atoms with E-state index in [2.05, 4.69) is 29.6 Å². The Morgan fingerprint density at radius 2 is 2.10 bits per heavy atom. The molecule has 0 spiro atoms. The Hall–Kier alpha value is -1.35. The smallest absolute Gasteiger partial charge is 0.220 e. The fourth-order valence-electron chi connectivity index (χ4n) is 2.88. The van der Waals surface area contributed by atoms with Crippen molar-refractivity contribution in [2.45, 2.75) is 58.5 Å². The van der Waals surface area contributed by atoms with E-state index in [4.69, 9.17) is 0 Å². The molecule has 0 saturated heterocycles. The van der Waals surface area contributed by atoms with E-state index < -0.39 is 6.10 Å². The van der Waals surface area contributed by atoms with Crippen molar-refractivity contribution in [3.63, 3.8) is 0 Å². The first kappa shape index (κ1) is 16.0. The van der Waals surface area contributed by atoms with Gasteiger partial charge in [0.1, 0.15) is 0 Å². The lowest BCUT2D eigenvalue weighted by Crippen LogP contribution is -2.39. The second kappa shape index (κ2) is 6.61. The molecule has 1 aliphatic rings. The number of amides is 1. The Labute approximate surface area is 127 Å². The molecule has 0 bridgehead atoms. The molecule has 1 aromatic carbocycles. The lowest BCUT2D eigenvalue weighted by atomic mass is 9.81. The molecule has 0 heterocycles. The maximum absolute atomic E-state index is 12.1. The first-order valence-electron chi connectivity index (χ1n) is 7.90. The van der Waals surface area contributed by atoms with Gasteiger partial charge in [-0.15, -0.1) is 0 Å². The molecule has 2 rings (SSSR count). The van der Waals surface area contributed by atoms with Crippen LogP contribution in [0.15, 0.2) is 24.3 Å². The van der Waals surface area contributed by atoms with Crippen LogP contribution >= 0.6 is 0 Å².